The first-order valence-corrected chi connectivity index (χ1v) is 7.38. The molecule has 1 heterocycles. The quantitative estimate of drug-likeness (QED) is 0.784. The van der Waals surface area contributed by atoms with Gasteiger partial charge in [0.2, 0.25) is 0 Å². The van der Waals surface area contributed by atoms with Gasteiger partial charge in [0.25, 0.3) is 0 Å². The third-order valence-corrected chi connectivity index (χ3v) is 3.68. The minimum absolute atomic E-state index is 0. The largest absolute Gasteiger partial charge is 0.496 e. The normalized spacial score (nSPS) is 10.6. The molecular weight excluding hydrogens is 298 g/mol. The van der Waals surface area contributed by atoms with E-state index < -0.39 is 0 Å². The van der Waals surface area contributed by atoms with Gasteiger partial charge in [-0.05, 0) is 52.0 Å². The molecule has 0 amide bonds. The highest BCUT2D eigenvalue weighted by Crippen LogP contribution is 2.22. The second kappa shape index (κ2) is 8.81. The summed E-state index contributed by atoms with van der Waals surface area (Å²) in [6, 6.07) is 6.50. The average Bonchev–Trinajstić information content (AvgIpc) is 2.84. The smallest absolute Gasteiger partial charge is 0.123 e. The molecule has 0 atom stereocenters. The molecule has 22 heavy (non-hydrogen) atoms. The summed E-state index contributed by atoms with van der Waals surface area (Å²) in [5, 5.41) is 0. The summed E-state index contributed by atoms with van der Waals surface area (Å²) >= 11 is 0. The Bertz CT molecular complexity index is 581. The zero-order valence-electron chi connectivity index (χ0n) is 13.9. The monoisotopic (exact) mass is 323 g/mol. The van der Waals surface area contributed by atoms with E-state index in [4.69, 9.17) is 4.74 Å². The maximum atomic E-state index is 5.49. The van der Waals surface area contributed by atoms with Crippen LogP contribution >= 0.6 is 12.4 Å². The second-order valence-corrected chi connectivity index (χ2v) is 5.66. The molecule has 4 nitrogen and oxygen atoms in total. The van der Waals surface area contributed by atoms with E-state index in [9.17, 15) is 0 Å². The van der Waals surface area contributed by atoms with Crippen molar-refractivity contribution in [3.8, 4) is 5.75 Å². The van der Waals surface area contributed by atoms with Crippen LogP contribution in [0, 0.1) is 6.92 Å². The maximum Gasteiger partial charge on any atom is 0.123 e. The van der Waals surface area contributed by atoms with E-state index in [0.717, 1.165) is 31.1 Å². The minimum atomic E-state index is 0. The maximum absolute atomic E-state index is 5.49. The molecular formula is C17H26ClN3O. The molecule has 0 unspecified atom stereocenters. The minimum Gasteiger partial charge on any atom is -0.496 e. The van der Waals surface area contributed by atoms with Gasteiger partial charge in [0.1, 0.15) is 11.6 Å². The lowest BCUT2D eigenvalue weighted by molar-refractivity contribution is 0.399. The van der Waals surface area contributed by atoms with Crippen LogP contribution in [0.2, 0.25) is 0 Å². The van der Waals surface area contributed by atoms with E-state index >= 15 is 0 Å². The number of rotatable bonds is 7. The Morgan fingerprint density at radius 2 is 2.05 bits per heavy atom. The molecule has 1 aromatic heterocycles. The fourth-order valence-corrected chi connectivity index (χ4v) is 2.46. The molecule has 0 saturated carbocycles. The fraction of sp³-hybridized carbons (Fsp3) is 0.471. The van der Waals surface area contributed by atoms with Crippen LogP contribution in [-0.2, 0) is 13.0 Å². The van der Waals surface area contributed by atoms with Gasteiger partial charge in [-0.25, -0.2) is 4.98 Å². The first-order chi connectivity index (χ1) is 10.1. The summed E-state index contributed by atoms with van der Waals surface area (Å²) in [6.45, 7) is 3.94. The number of benzene rings is 1. The van der Waals surface area contributed by atoms with Crippen LogP contribution in [0.1, 0.15) is 23.4 Å². The highest BCUT2D eigenvalue weighted by atomic mass is 35.5. The lowest BCUT2D eigenvalue weighted by atomic mass is 10.0. The van der Waals surface area contributed by atoms with E-state index in [-0.39, 0.29) is 12.4 Å². The highest BCUT2D eigenvalue weighted by molar-refractivity contribution is 5.85. The van der Waals surface area contributed by atoms with E-state index in [1.165, 1.54) is 17.5 Å². The number of hydrogen-bond acceptors (Lipinski definition) is 3. The number of aromatic nitrogens is 2. The number of hydrogen-bond donors (Lipinski definition) is 0. The Labute approximate surface area is 139 Å². The third kappa shape index (κ3) is 5.04. The molecule has 0 fully saturated rings. The number of methoxy groups -OCH3 is 1. The lowest BCUT2D eigenvalue weighted by Gasteiger charge is -2.13. The van der Waals surface area contributed by atoms with Gasteiger partial charge >= 0.3 is 0 Å². The van der Waals surface area contributed by atoms with Crippen LogP contribution in [-0.4, -0.2) is 42.2 Å². The Balaban J connectivity index is 0.00000242. The Hall–Kier alpha value is -1.52. The van der Waals surface area contributed by atoms with E-state index in [0.29, 0.717) is 0 Å². The second-order valence-electron chi connectivity index (χ2n) is 5.66. The highest BCUT2D eigenvalue weighted by Gasteiger charge is 2.07. The first kappa shape index (κ1) is 18.5. The predicted octanol–water partition coefficient (Wildman–Crippen LogP) is 3.16. The van der Waals surface area contributed by atoms with E-state index in [1.54, 1.807) is 7.11 Å². The number of imidazole rings is 1. The molecule has 1 aromatic carbocycles. The zero-order valence-corrected chi connectivity index (χ0v) is 14.7. The first-order valence-electron chi connectivity index (χ1n) is 7.38. The van der Waals surface area contributed by atoms with Crippen molar-refractivity contribution < 1.29 is 4.74 Å². The fourth-order valence-electron chi connectivity index (χ4n) is 2.46. The van der Waals surface area contributed by atoms with Crippen molar-refractivity contribution in [3.05, 3.63) is 47.5 Å². The van der Waals surface area contributed by atoms with Gasteiger partial charge in [-0.1, -0.05) is 12.1 Å². The molecule has 0 saturated heterocycles. The van der Waals surface area contributed by atoms with Gasteiger partial charge in [0.15, 0.2) is 0 Å². The third-order valence-electron chi connectivity index (χ3n) is 3.68. The molecule has 122 valence electrons. The molecule has 0 bridgehead atoms. The standard InChI is InChI=1S/C17H25N3O.ClH/c1-14-18-9-11-20(14)13-16-12-15(6-5-10-19(2)3)7-8-17(16)21-4;/h7-9,11-12H,5-6,10,13H2,1-4H3;1H. The molecule has 0 aliphatic carbocycles. The Kier molecular flexibility index (Phi) is 7.42. The molecule has 2 rings (SSSR count). The zero-order chi connectivity index (χ0) is 15.2. The predicted molar refractivity (Wildman–Crippen MR) is 93.2 cm³/mol. The molecule has 0 aliphatic rings. The van der Waals surface area contributed by atoms with Crippen LogP contribution in [0.25, 0.3) is 0 Å². The average molecular weight is 324 g/mol. The van der Waals surface area contributed by atoms with Crippen molar-refractivity contribution in [1.82, 2.24) is 14.5 Å². The van der Waals surface area contributed by atoms with Gasteiger partial charge in [0.05, 0.1) is 13.7 Å². The molecule has 0 spiro atoms. The summed E-state index contributed by atoms with van der Waals surface area (Å²) in [6.07, 6.45) is 6.11. The van der Waals surface area contributed by atoms with Crippen molar-refractivity contribution >= 4 is 12.4 Å². The lowest BCUT2D eigenvalue weighted by Crippen LogP contribution is -2.13. The molecule has 0 radical (unpaired) electrons. The number of nitrogens with zero attached hydrogens (tertiary/aromatic N) is 3. The number of halogens is 1. The number of ether oxygens (including phenoxy) is 1. The van der Waals surface area contributed by atoms with E-state index in [1.807, 2.05) is 19.3 Å². The van der Waals surface area contributed by atoms with Crippen molar-refractivity contribution in [1.29, 1.82) is 0 Å². The SMILES string of the molecule is COc1ccc(CCCN(C)C)cc1Cn1ccnc1C.Cl. The Morgan fingerprint density at radius 1 is 1.27 bits per heavy atom. The van der Waals surface area contributed by atoms with Gasteiger partial charge in [-0.15, -0.1) is 12.4 Å². The summed E-state index contributed by atoms with van der Waals surface area (Å²) in [5.74, 6) is 1.97. The van der Waals surface area contributed by atoms with Crippen molar-refractivity contribution in [3.63, 3.8) is 0 Å². The van der Waals surface area contributed by atoms with Crippen LogP contribution in [0.5, 0.6) is 5.75 Å². The van der Waals surface area contributed by atoms with Gasteiger partial charge in [0, 0.05) is 18.0 Å². The van der Waals surface area contributed by atoms with Crippen LogP contribution in [0.3, 0.4) is 0 Å². The van der Waals surface area contributed by atoms with E-state index in [2.05, 4.69) is 46.7 Å². The van der Waals surface area contributed by atoms with Crippen LogP contribution < -0.4 is 4.74 Å². The van der Waals surface area contributed by atoms with Gasteiger partial charge in [-0.2, -0.15) is 0 Å². The molecule has 0 aliphatic heterocycles. The summed E-state index contributed by atoms with van der Waals surface area (Å²) in [4.78, 5) is 6.50. The molecule has 0 N–H and O–H groups in total. The summed E-state index contributed by atoms with van der Waals surface area (Å²) in [5.41, 5.74) is 2.58. The van der Waals surface area contributed by atoms with Gasteiger partial charge in [-0.3, -0.25) is 0 Å². The molecule has 2 aromatic rings. The summed E-state index contributed by atoms with van der Waals surface area (Å²) < 4.78 is 7.63. The van der Waals surface area contributed by atoms with Crippen LogP contribution in [0.15, 0.2) is 30.6 Å². The van der Waals surface area contributed by atoms with Crippen molar-refractivity contribution in [2.45, 2.75) is 26.3 Å². The van der Waals surface area contributed by atoms with Crippen LogP contribution in [0.4, 0.5) is 0 Å². The van der Waals surface area contributed by atoms with Crippen molar-refractivity contribution in [2.24, 2.45) is 0 Å². The number of aryl methyl sites for hydroxylation is 2. The topological polar surface area (TPSA) is 30.3 Å². The van der Waals surface area contributed by atoms with Crippen molar-refractivity contribution in [2.75, 3.05) is 27.7 Å². The van der Waals surface area contributed by atoms with Gasteiger partial charge < -0.3 is 14.2 Å². The Morgan fingerprint density at radius 3 is 2.64 bits per heavy atom. The summed E-state index contributed by atoms with van der Waals surface area (Å²) in [7, 11) is 5.95. The molecule has 5 heteroatoms.